The summed E-state index contributed by atoms with van der Waals surface area (Å²) in [6.45, 7) is 4.32. The molecule has 0 spiro atoms. The van der Waals surface area contributed by atoms with E-state index in [1.807, 2.05) is 11.8 Å². The number of nitrogens with zero attached hydrogens (tertiary/aromatic N) is 1. The Morgan fingerprint density at radius 1 is 1.50 bits per heavy atom. The van der Waals surface area contributed by atoms with Crippen molar-refractivity contribution in [3.05, 3.63) is 0 Å². The number of nitrogens with two attached hydrogens (primary N) is 1. The van der Waals surface area contributed by atoms with E-state index < -0.39 is 0 Å². The highest BCUT2D eigenvalue weighted by molar-refractivity contribution is 7.99. The Balaban J connectivity index is 2.01. The maximum absolute atomic E-state index is 5.31. The predicted molar refractivity (Wildman–Crippen MR) is 58.6 cm³/mol. The molecule has 1 heterocycles. The molecule has 1 saturated heterocycles. The first kappa shape index (κ1) is 10.1. The van der Waals surface area contributed by atoms with E-state index in [0.29, 0.717) is 5.11 Å². The van der Waals surface area contributed by atoms with E-state index in [1.165, 1.54) is 24.6 Å². The third-order valence-corrected chi connectivity index (χ3v) is 2.92. The lowest BCUT2D eigenvalue weighted by molar-refractivity contribution is 0.307. The summed E-state index contributed by atoms with van der Waals surface area (Å²) in [7, 11) is 0. The van der Waals surface area contributed by atoms with Crippen molar-refractivity contribution >= 4 is 29.1 Å². The molecule has 3 N–H and O–H groups in total. The minimum atomic E-state index is 0.404. The number of nitrogens with one attached hydrogen (secondary N) is 1. The lowest BCUT2D eigenvalue weighted by Crippen LogP contribution is -2.40. The van der Waals surface area contributed by atoms with Gasteiger partial charge in [-0.25, -0.2) is 0 Å². The molecule has 0 bridgehead atoms. The molecule has 3 nitrogen and oxygen atoms in total. The SMILES string of the molecule is NC(=S)NCCN1CCSCC1. The molecule has 1 aliphatic heterocycles. The first-order valence-corrected chi connectivity index (χ1v) is 5.69. The maximum Gasteiger partial charge on any atom is 0.163 e. The van der Waals surface area contributed by atoms with Gasteiger partial charge in [0.2, 0.25) is 0 Å². The standard InChI is InChI=1S/C7H15N3S2/c8-7(11)9-1-2-10-3-5-12-6-4-10/h1-6H2,(H3,8,9,11). The van der Waals surface area contributed by atoms with Crippen LogP contribution in [-0.2, 0) is 0 Å². The Morgan fingerprint density at radius 3 is 2.75 bits per heavy atom. The van der Waals surface area contributed by atoms with Crippen LogP contribution in [0.1, 0.15) is 0 Å². The summed E-state index contributed by atoms with van der Waals surface area (Å²) in [4.78, 5) is 2.43. The van der Waals surface area contributed by atoms with Gasteiger partial charge in [-0.1, -0.05) is 0 Å². The Bertz CT molecular complexity index is 146. The van der Waals surface area contributed by atoms with Crippen molar-refractivity contribution in [3.8, 4) is 0 Å². The zero-order chi connectivity index (χ0) is 8.81. The van der Waals surface area contributed by atoms with Crippen LogP contribution in [0, 0.1) is 0 Å². The molecule has 0 aromatic rings. The van der Waals surface area contributed by atoms with Gasteiger partial charge in [0.1, 0.15) is 0 Å². The summed E-state index contributed by atoms with van der Waals surface area (Å²) in [6.07, 6.45) is 0. The van der Waals surface area contributed by atoms with Gasteiger partial charge in [-0.3, -0.25) is 4.90 Å². The molecular formula is C7H15N3S2. The molecule has 70 valence electrons. The minimum Gasteiger partial charge on any atom is -0.376 e. The molecular weight excluding hydrogens is 190 g/mol. The second kappa shape index (κ2) is 5.61. The summed E-state index contributed by atoms with van der Waals surface area (Å²) in [5.41, 5.74) is 5.31. The van der Waals surface area contributed by atoms with Gasteiger partial charge in [0.15, 0.2) is 5.11 Å². The van der Waals surface area contributed by atoms with Crippen LogP contribution < -0.4 is 11.1 Å². The van der Waals surface area contributed by atoms with Crippen LogP contribution in [0.2, 0.25) is 0 Å². The number of thiocarbonyl (C=S) groups is 1. The van der Waals surface area contributed by atoms with Gasteiger partial charge in [-0.05, 0) is 12.2 Å². The first-order valence-electron chi connectivity index (χ1n) is 4.12. The average Bonchev–Trinajstić information content (AvgIpc) is 2.05. The normalized spacial score (nSPS) is 19.0. The molecule has 1 aliphatic rings. The highest BCUT2D eigenvalue weighted by Crippen LogP contribution is 2.07. The van der Waals surface area contributed by atoms with Gasteiger partial charge in [0.05, 0.1) is 0 Å². The van der Waals surface area contributed by atoms with E-state index in [1.54, 1.807) is 0 Å². The molecule has 12 heavy (non-hydrogen) atoms. The Hall–Kier alpha value is -0.0000000000000000555. The third-order valence-electron chi connectivity index (χ3n) is 1.83. The minimum absolute atomic E-state index is 0.404. The second-order valence-electron chi connectivity index (χ2n) is 2.75. The Morgan fingerprint density at radius 2 is 2.17 bits per heavy atom. The molecule has 1 fully saturated rings. The Labute approximate surface area is 83.1 Å². The summed E-state index contributed by atoms with van der Waals surface area (Å²) in [5.74, 6) is 2.51. The molecule has 0 unspecified atom stereocenters. The van der Waals surface area contributed by atoms with E-state index >= 15 is 0 Å². The number of hydrogen-bond acceptors (Lipinski definition) is 3. The topological polar surface area (TPSA) is 41.3 Å². The van der Waals surface area contributed by atoms with Gasteiger partial charge in [-0.2, -0.15) is 11.8 Å². The van der Waals surface area contributed by atoms with Crippen molar-refractivity contribution in [2.75, 3.05) is 37.7 Å². The highest BCUT2D eigenvalue weighted by Gasteiger charge is 2.08. The van der Waals surface area contributed by atoms with Crippen LogP contribution in [0.3, 0.4) is 0 Å². The summed E-state index contributed by atoms with van der Waals surface area (Å²) >= 11 is 6.73. The van der Waals surface area contributed by atoms with Crippen LogP contribution in [0.25, 0.3) is 0 Å². The molecule has 0 aliphatic carbocycles. The van der Waals surface area contributed by atoms with Crippen LogP contribution in [0.15, 0.2) is 0 Å². The molecule has 0 saturated carbocycles. The highest BCUT2D eigenvalue weighted by atomic mass is 32.2. The van der Waals surface area contributed by atoms with Gasteiger partial charge < -0.3 is 11.1 Å². The number of rotatable bonds is 3. The fourth-order valence-corrected chi connectivity index (χ4v) is 2.24. The summed E-state index contributed by atoms with van der Waals surface area (Å²) in [5, 5.41) is 3.36. The Kier molecular flexibility index (Phi) is 4.72. The molecule has 0 atom stereocenters. The average molecular weight is 205 g/mol. The van der Waals surface area contributed by atoms with Crippen LogP contribution in [0.4, 0.5) is 0 Å². The van der Waals surface area contributed by atoms with Crippen molar-refractivity contribution in [2.45, 2.75) is 0 Å². The molecule has 0 aromatic carbocycles. The van der Waals surface area contributed by atoms with Gasteiger partial charge >= 0.3 is 0 Å². The molecule has 1 rings (SSSR count). The van der Waals surface area contributed by atoms with Crippen LogP contribution in [0.5, 0.6) is 0 Å². The number of thioether (sulfide) groups is 1. The van der Waals surface area contributed by atoms with E-state index in [9.17, 15) is 0 Å². The maximum atomic E-state index is 5.31. The fourth-order valence-electron chi connectivity index (χ4n) is 1.16. The second-order valence-corrected chi connectivity index (χ2v) is 4.41. The van der Waals surface area contributed by atoms with Crippen molar-refractivity contribution in [1.29, 1.82) is 0 Å². The smallest absolute Gasteiger partial charge is 0.163 e. The van der Waals surface area contributed by atoms with Crippen molar-refractivity contribution in [3.63, 3.8) is 0 Å². The molecule has 5 heteroatoms. The molecule has 0 aromatic heterocycles. The first-order chi connectivity index (χ1) is 5.79. The van der Waals surface area contributed by atoms with Crippen molar-refractivity contribution < 1.29 is 0 Å². The van der Waals surface area contributed by atoms with E-state index in [2.05, 4.69) is 10.2 Å². The summed E-state index contributed by atoms with van der Waals surface area (Å²) in [6, 6.07) is 0. The fraction of sp³-hybridized carbons (Fsp3) is 0.857. The lowest BCUT2D eigenvalue weighted by atomic mass is 10.4. The number of hydrogen-bond donors (Lipinski definition) is 2. The zero-order valence-corrected chi connectivity index (χ0v) is 8.72. The molecule has 0 amide bonds. The van der Waals surface area contributed by atoms with E-state index in [0.717, 1.165) is 13.1 Å². The predicted octanol–water partition coefficient (Wildman–Crippen LogP) is -0.132. The lowest BCUT2D eigenvalue weighted by Gasteiger charge is -2.25. The van der Waals surface area contributed by atoms with Crippen LogP contribution >= 0.6 is 24.0 Å². The van der Waals surface area contributed by atoms with E-state index in [4.69, 9.17) is 18.0 Å². The summed E-state index contributed by atoms with van der Waals surface area (Å²) < 4.78 is 0. The van der Waals surface area contributed by atoms with Gasteiger partial charge in [-0.15, -0.1) is 0 Å². The van der Waals surface area contributed by atoms with Gasteiger partial charge in [0.25, 0.3) is 0 Å². The quantitative estimate of drug-likeness (QED) is 0.628. The van der Waals surface area contributed by atoms with Gasteiger partial charge in [0, 0.05) is 37.7 Å². The molecule has 0 radical (unpaired) electrons. The zero-order valence-electron chi connectivity index (χ0n) is 7.08. The van der Waals surface area contributed by atoms with Crippen molar-refractivity contribution in [2.24, 2.45) is 5.73 Å². The van der Waals surface area contributed by atoms with E-state index in [-0.39, 0.29) is 0 Å². The van der Waals surface area contributed by atoms with Crippen molar-refractivity contribution in [1.82, 2.24) is 10.2 Å². The van der Waals surface area contributed by atoms with Crippen LogP contribution in [-0.4, -0.2) is 47.7 Å². The third kappa shape index (κ3) is 4.13. The largest absolute Gasteiger partial charge is 0.376 e. The monoisotopic (exact) mass is 205 g/mol.